The zero-order valence-electron chi connectivity index (χ0n) is 27.5. The Balaban J connectivity index is 1.66. The van der Waals surface area contributed by atoms with E-state index >= 15 is 0 Å². The number of aliphatic hydroxyl groups is 1. The lowest BCUT2D eigenvalue weighted by atomic mass is 9.66. The molecular weight excluding hydrogens is 586 g/mol. The predicted octanol–water partition coefficient (Wildman–Crippen LogP) is 5.99. The predicted molar refractivity (Wildman–Crippen MR) is 184 cm³/mol. The number of rotatable bonds is 19. The zero-order chi connectivity index (χ0) is 32.6. The highest BCUT2D eigenvalue weighted by Crippen LogP contribution is 2.71. The minimum absolute atomic E-state index is 0.101. The van der Waals surface area contributed by atoms with Crippen LogP contribution in [0.1, 0.15) is 78.6 Å². The molecular formula is C36H53N3O5S. The third kappa shape index (κ3) is 6.99. The van der Waals surface area contributed by atoms with Crippen molar-refractivity contribution in [2.24, 2.45) is 11.8 Å². The Bertz CT molecular complexity index is 1200. The van der Waals surface area contributed by atoms with Gasteiger partial charge in [-0.1, -0.05) is 25.0 Å². The van der Waals surface area contributed by atoms with Crippen LogP contribution >= 0.6 is 11.8 Å². The number of benzene rings is 1. The van der Waals surface area contributed by atoms with Gasteiger partial charge in [0.05, 0.1) is 23.2 Å². The van der Waals surface area contributed by atoms with Gasteiger partial charge in [0.1, 0.15) is 6.04 Å². The molecule has 4 rings (SSSR count). The molecule has 3 heterocycles. The first-order valence-corrected chi connectivity index (χ1v) is 17.7. The summed E-state index contributed by atoms with van der Waals surface area (Å²) in [6.07, 6.45) is 10.7. The maximum absolute atomic E-state index is 14.8. The Kier molecular flexibility index (Phi) is 12.2. The van der Waals surface area contributed by atoms with Crippen LogP contribution in [0.25, 0.3) is 0 Å². The average Bonchev–Trinajstić information content (AvgIpc) is 3.60. The van der Waals surface area contributed by atoms with Crippen LogP contribution in [0.4, 0.5) is 11.4 Å². The molecule has 3 saturated heterocycles. The molecule has 1 aromatic rings. The van der Waals surface area contributed by atoms with Crippen LogP contribution < -0.4 is 9.80 Å². The number of anilines is 2. The van der Waals surface area contributed by atoms with E-state index in [-0.39, 0.29) is 24.4 Å². The van der Waals surface area contributed by atoms with E-state index in [0.29, 0.717) is 32.5 Å². The number of carbonyl (C=O) groups is 3. The number of hydrogen-bond acceptors (Lipinski definition) is 7. The van der Waals surface area contributed by atoms with Crippen molar-refractivity contribution < 1.29 is 24.2 Å². The SMILES string of the molecule is C=CCCCCOC(=O)[C@H]1[C@H]2C(=O)N(CCCCCCO)C(C(=O)N(CC=C)c3ccc(N(CC)CC)cc3)C23CC[C@]1(C)S3. The van der Waals surface area contributed by atoms with E-state index in [1.54, 1.807) is 27.6 Å². The van der Waals surface area contributed by atoms with Crippen molar-refractivity contribution in [3.63, 3.8) is 0 Å². The summed E-state index contributed by atoms with van der Waals surface area (Å²) in [5.74, 6) is -1.71. The number of likely N-dealkylation sites (tertiary alicyclic amines) is 1. The summed E-state index contributed by atoms with van der Waals surface area (Å²) in [6, 6.07) is 7.36. The summed E-state index contributed by atoms with van der Waals surface area (Å²) >= 11 is 1.68. The van der Waals surface area contributed by atoms with Crippen LogP contribution in [0.3, 0.4) is 0 Å². The van der Waals surface area contributed by atoms with E-state index in [9.17, 15) is 19.5 Å². The lowest BCUT2D eigenvalue weighted by molar-refractivity contribution is -0.155. The Labute approximate surface area is 274 Å². The number of fused-ring (bicyclic) bond motifs is 1. The van der Waals surface area contributed by atoms with E-state index < -0.39 is 27.4 Å². The van der Waals surface area contributed by atoms with Crippen molar-refractivity contribution in [1.82, 2.24) is 4.90 Å². The van der Waals surface area contributed by atoms with E-state index in [2.05, 4.69) is 38.8 Å². The number of amides is 2. The molecule has 5 atom stereocenters. The highest BCUT2D eigenvalue weighted by atomic mass is 32.2. The van der Waals surface area contributed by atoms with Crippen LogP contribution in [0.5, 0.6) is 0 Å². The standard InChI is InChI=1S/C36H53N3O5S/c1-6-10-11-16-26-44-34(43)30-29-32(41)39(24-14-12-13-15-25-40)31(36(29)22-21-35(30,5)45-36)33(42)38(23-7-2)28-19-17-27(18-20-28)37(8-3)9-4/h6-7,17-20,29-31,40H,1-2,8-16,21-26H2,3-5H3/t29-,30+,31?,35-,36?/m0/s1. The second kappa shape index (κ2) is 15.7. The van der Waals surface area contributed by atoms with Gasteiger partial charge in [-0.15, -0.1) is 24.9 Å². The van der Waals surface area contributed by atoms with Gasteiger partial charge in [-0.05, 0) is 90.0 Å². The lowest BCUT2D eigenvalue weighted by Gasteiger charge is -2.37. The number of carbonyl (C=O) groups excluding carboxylic acids is 3. The molecule has 9 heteroatoms. The highest BCUT2D eigenvalue weighted by Gasteiger charge is 2.77. The first-order chi connectivity index (χ1) is 21.7. The fourth-order valence-electron chi connectivity index (χ4n) is 7.74. The van der Waals surface area contributed by atoms with Crippen molar-refractivity contribution in [2.45, 2.75) is 94.1 Å². The Morgan fingerprint density at radius 3 is 2.36 bits per heavy atom. The second-order valence-corrected chi connectivity index (χ2v) is 14.7. The molecule has 45 heavy (non-hydrogen) atoms. The molecule has 1 aromatic carbocycles. The normalized spacial score (nSPS) is 26.5. The third-order valence-corrected chi connectivity index (χ3v) is 12.0. The summed E-state index contributed by atoms with van der Waals surface area (Å²) in [7, 11) is 0. The van der Waals surface area contributed by atoms with Crippen molar-refractivity contribution >= 4 is 40.9 Å². The highest BCUT2D eigenvalue weighted by molar-refractivity contribution is 8.02. The molecule has 1 spiro atoms. The smallest absolute Gasteiger partial charge is 0.311 e. The molecule has 3 aliphatic rings. The van der Waals surface area contributed by atoms with E-state index in [1.165, 1.54) is 0 Å². The van der Waals surface area contributed by atoms with Crippen LogP contribution in [-0.2, 0) is 19.1 Å². The molecule has 2 bridgehead atoms. The van der Waals surface area contributed by atoms with Crippen molar-refractivity contribution in [3.05, 3.63) is 49.6 Å². The molecule has 2 unspecified atom stereocenters. The summed E-state index contributed by atoms with van der Waals surface area (Å²) in [4.78, 5) is 48.8. The Morgan fingerprint density at radius 1 is 1.02 bits per heavy atom. The lowest BCUT2D eigenvalue weighted by Crippen LogP contribution is -2.55. The number of allylic oxidation sites excluding steroid dienone is 1. The quantitative estimate of drug-likeness (QED) is 0.113. The summed E-state index contributed by atoms with van der Waals surface area (Å²) in [6.45, 7) is 17.0. The largest absolute Gasteiger partial charge is 0.465 e. The van der Waals surface area contributed by atoms with E-state index in [0.717, 1.165) is 69.4 Å². The van der Waals surface area contributed by atoms with Gasteiger partial charge in [0.25, 0.3) is 5.91 Å². The van der Waals surface area contributed by atoms with Gasteiger partial charge in [-0.2, -0.15) is 0 Å². The van der Waals surface area contributed by atoms with Gasteiger partial charge in [-0.25, -0.2) is 0 Å². The molecule has 8 nitrogen and oxygen atoms in total. The molecule has 0 radical (unpaired) electrons. The molecule has 0 saturated carbocycles. The maximum Gasteiger partial charge on any atom is 0.311 e. The summed E-state index contributed by atoms with van der Waals surface area (Å²) in [5, 5.41) is 9.24. The van der Waals surface area contributed by atoms with E-state index in [4.69, 9.17) is 4.74 Å². The maximum atomic E-state index is 14.8. The first-order valence-electron chi connectivity index (χ1n) is 16.9. The number of thioether (sulfide) groups is 1. The molecule has 0 aromatic heterocycles. The monoisotopic (exact) mass is 639 g/mol. The van der Waals surface area contributed by atoms with E-state index in [1.807, 2.05) is 30.3 Å². The molecule has 248 valence electrons. The van der Waals surface area contributed by atoms with Crippen molar-refractivity contribution in [1.29, 1.82) is 0 Å². The number of hydrogen-bond donors (Lipinski definition) is 1. The second-order valence-electron chi connectivity index (χ2n) is 12.8. The van der Waals surface area contributed by atoms with Gasteiger partial charge in [0.15, 0.2) is 0 Å². The van der Waals surface area contributed by atoms with Gasteiger partial charge in [-0.3, -0.25) is 14.4 Å². The molecule has 2 amide bonds. The van der Waals surface area contributed by atoms with Crippen LogP contribution in [0.15, 0.2) is 49.6 Å². The summed E-state index contributed by atoms with van der Waals surface area (Å²) in [5.41, 5.74) is 1.86. The number of aliphatic hydroxyl groups excluding tert-OH is 1. The Hall–Kier alpha value is -2.78. The third-order valence-electron chi connectivity index (χ3n) is 9.99. The number of esters is 1. The topological polar surface area (TPSA) is 90.4 Å². The minimum Gasteiger partial charge on any atom is -0.465 e. The molecule has 3 aliphatic heterocycles. The molecule has 3 fully saturated rings. The van der Waals surface area contributed by atoms with Gasteiger partial charge >= 0.3 is 5.97 Å². The number of unbranched alkanes of at least 4 members (excludes halogenated alkanes) is 5. The fourth-order valence-corrected chi connectivity index (χ4v) is 10.1. The number of ether oxygens (including phenoxy) is 1. The van der Waals surface area contributed by atoms with Crippen LogP contribution in [0.2, 0.25) is 0 Å². The van der Waals surface area contributed by atoms with Gasteiger partial charge in [0, 0.05) is 48.9 Å². The molecule has 0 aliphatic carbocycles. The fraction of sp³-hybridized carbons (Fsp3) is 0.639. The van der Waals surface area contributed by atoms with Crippen molar-refractivity contribution in [3.8, 4) is 0 Å². The Morgan fingerprint density at radius 2 is 1.71 bits per heavy atom. The van der Waals surface area contributed by atoms with Gasteiger partial charge < -0.3 is 24.5 Å². The summed E-state index contributed by atoms with van der Waals surface area (Å²) < 4.78 is 4.66. The van der Waals surface area contributed by atoms with Gasteiger partial charge in [0.2, 0.25) is 5.91 Å². The average molecular weight is 640 g/mol. The van der Waals surface area contributed by atoms with Crippen LogP contribution in [-0.4, -0.2) is 82.7 Å². The minimum atomic E-state index is -0.693. The number of nitrogens with zero attached hydrogens (tertiary/aromatic N) is 3. The zero-order valence-corrected chi connectivity index (χ0v) is 28.4. The van der Waals surface area contributed by atoms with Crippen LogP contribution in [0, 0.1) is 11.8 Å². The molecule has 1 N–H and O–H groups in total. The van der Waals surface area contributed by atoms with Crippen molar-refractivity contribution in [2.75, 3.05) is 49.2 Å². The first kappa shape index (κ1) is 35.1.